The van der Waals surface area contributed by atoms with Gasteiger partial charge in [0.15, 0.2) is 12.6 Å². The third-order valence-electron chi connectivity index (χ3n) is 4.21. The molecular formula is C12H20O10. The predicted octanol–water partition coefficient (Wildman–Crippen LogP) is -4.35. The van der Waals surface area contributed by atoms with Crippen molar-refractivity contribution in [2.45, 2.75) is 61.4 Å². The molecule has 3 aliphatic rings. The van der Waals surface area contributed by atoms with Gasteiger partial charge in [-0.25, -0.2) is 0 Å². The van der Waals surface area contributed by atoms with Crippen molar-refractivity contribution in [2.24, 2.45) is 0 Å². The second-order valence-corrected chi connectivity index (χ2v) is 5.66. The molecule has 0 spiro atoms. The van der Waals surface area contributed by atoms with Gasteiger partial charge in [0.05, 0.1) is 13.2 Å². The minimum atomic E-state index is -1.61. The summed E-state index contributed by atoms with van der Waals surface area (Å²) in [5.74, 6) is 0. The standard InChI is InChI=1S/C12H20O10/c13-1-3-5(14)7(16)8(17)12(20-3)22-10-6(15)4-2-19-11(21-4)9(10)18/h3-18H,1-2H2/t3-,4+,5-,6?,7+,8-,9-,10+,11-,12+/m1/s1. The molecule has 0 aromatic heterocycles. The quantitative estimate of drug-likeness (QED) is 0.299. The van der Waals surface area contributed by atoms with Crippen LogP contribution in [-0.2, 0) is 18.9 Å². The Morgan fingerprint density at radius 2 is 1.59 bits per heavy atom. The molecular weight excluding hydrogens is 304 g/mol. The molecule has 10 atom stereocenters. The number of hydrogen-bond donors (Lipinski definition) is 6. The number of aliphatic hydroxyl groups is 6. The Labute approximate surface area is 125 Å². The highest BCUT2D eigenvalue weighted by molar-refractivity contribution is 4.96. The van der Waals surface area contributed by atoms with E-state index in [-0.39, 0.29) is 6.61 Å². The monoisotopic (exact) mass is 324 g/mol. The first kappa shape index (κ1) is 16.5. The average Bonchev–Trinajstić information content (AvgIpc) is 2.96. The number of aliphatic hydroxyl groups excluding tert-OH is 6. The molecule has 6 N–H and O–H groups in total. The first-order valence-corrected chi connectivity index (χ1v) is 7.03. The van der Waals surface area contributed by atoms with Crippen LogP contribution in [0.4, 0.5) is 0 Å². The van der Waals surface area contributed by atoms with Gasteiger partial charge < -0.3 is 49.6 Å². The molecule has 3 saturated heterocycles. The van der Waals surface area contributed by atoms with Crippen molar-refractivity contribution in [3.8, 4) is 0 Å². The fourth-order valence-electron chi connectivity index (χ4n) is 2.86. The van der Waals surface area contributed by atoms with Crippen LogP contribution >= 0.6 is 0 Å². The number of fused-ring (bicyclic) bond motifs is 2. The summed E-state index contributed by atoms with van der Waals surface area (Å²) in [7, 11) is 0. The van der Waals surface area contributed by atoms with Gasteiger partial charge in [-0.15, -0.1) is 0 Å². The summed E-state index contributed by atoms with van der Waals surface area (Å²) in [6.45, 7) is -0.504. The topological polar surface area (TPSA) is 158 Å². The van der Waals surface area contributed by atoms with Gasteiger partial charge in [0.2, 0.25) is 0 Å². The second-order valence-electron chi connectivity index (χ2n) is 5.66. The fourth-order valence-corrected chi connectivity index (χ4v) is 2.86. The Morgan fingerprint density at radius 1 is 0.864 bits per heavy atom. The van der Waals surface area contributed by atoms with E-state index in [0.29, 0.717) is 0 Å². The number of hydrogen-bond acceptors (Lipinski definition) is 10. The summed E-state index contributed by atoms with van der Waals surface area (Å²) in [4.78, 5) is 0. The van der Waals surface area contributed by atoms with Gasteiger partial charge in [-0.3, -0.25) is 0 Å². The van der Waals surface area contributed by atoms with Crippen molar-refractivity contribution in [1.29, 1.82) is 0 Å². The highest BCUT2D eigenvalue weighted by Crippen LogP contribution is 2.32. The molecule has 0 aliphatic carbocycles. The van der Waals surface area contributed by atoms with E-state index in [2.05, 4.69) is 0 Å². The summed E-state index contributed by atoms with van der Waals surface area (Å²) in [5, 5.41) is 58.6. The molecule has 3 rings (SSSR count). The molecule has 2 bridgehead atoms. The maximum Gasteiger partial charge on any atom is 0.187 e. The van der Waals surface area contributed by atoms with E-state index in [0.717, 1.165) is 0 Å². The van der Waals surface area contributed by atoms with Crippen LogP contribution in [-0.4, -0.2) is 105 Å². The van der Waals surface area contributed by atoms with Crippen LogP contribution in [0.1, 0.15) is 0 Å². The minimum absolute atomic E-state index is 0.0947. The van der Waals surface area contributed by atoms with Crippen LogP contribution in [0.25, 0.3) is 0 Å². The molecule has 0 saturated carbocycles. The smallest absolute Gasteiger partial charge is 0.187 e. The van der Waals surface area contributed by atoms with Crippen LogP contribution in [0.2, 0.25) is 0 Å². The molecule has 3 fully saturated rings. The first-order chi connectivity index (χ1) is 10.4. The van der Waals surface area contributed by atoms with Crippen LogP contribution in [0.3, 0.4) is 0 Å². The summed E-state index contributed by atoms with van der Waals surface area (Å²) in [5.41, 5.74) is 0. The van der Waals surface area contributed by atoms with Gasteiger partial charge in [0, 0.05) is 0 Å². The van der Waals surface area contributed by atoms with Crippen molar-refractivity contribution >= 4 is 0 Å². The molecule has 0 aromatic rings. The summed E-state index contributed by atoms with van der Waals surface area (Å²) >= 11 is 0. The Hall–Kier alpha value is -0.400. The lowest BCUT2D eigenvalue weighted by Gasteiger charge is -2.43. The molecule has 0 aromatic carbocycles. The van der Waals surface area contributed by atoms with E-state index in [1.807, 2.05) is 0 Å². The van der Waals surface area contributed by atoms with Crippen LogP contribution < -0.4 is 0 Å². The van der Waals surface area contributed by atoms with Crippen LogP contribution in [0.15, 0.2) is 0 Å². The van der Waals surface area contributed by atoms with Crippen molar-refractivity contribution in [2.75, 3.05) is 13.2 Å². The van der Waals surface area contributed by atoms with Crippen LogP contribution in [0, 0.1) is 0 Å². The molecule has 10 nitrogen and oxygen atoms in total. The fraction of sp³-hybridized carbons (Fsp3) is 1.00. The van der Waals surface area contributed by atoms with E-state index < -0.39 is 68.0 Å². The zero-order chi connectivity index (χ0) is 16.0. The van der Waals surface area contributed by atoms with Crippen molar-refractivity contribution in [3.05, 3.63) is 0 Å². The van der Waals surface area contributed by atoms with Crippen molar-refractivity contribution < 1.29 is 49.6 Å². The highest BCUT2D eigenvalue weighted by Gasteiger charge is 2.53. The molecule has 3 heterocycles. The van der Waals surface area contributed by atoms with Crippen LogP contribution in [0.5, 0.6) is 0 Å². The van der Waals surface area contributed by atoms with Crippen molar-refractivity contribution in [3.63, 3.8) is 0 Å². The van der Waals surface area contributed by atoms with E-state index in [1.165, 1.54) is 0 Å². The molecule has 1 unspecified atom stereocenters. The lowest BCUT2D eigenvalue weighted by atomic mass is 9.98. The summed E-state index contributed by atoms with van der Waals surface area (Å²) < 4.78 is 20.9. The third kappa shape index (κ3) is 2.65. The van der Waals surface area contributed by atoms with Gasteiger partial charge >= 0.3 is 0 Å². The molecule has 10 heteroatoms. The molecule has 0 radical (unpaired) electrons. The number of rotatable bonds is 3. The van der Waals surface area contributed by atoms with E-state index in [1.54, 1.807) is 0 Å². The Bertz CT molecular complexity index is 376. The van der Waals surface area contributed by atoms with Gasteiger partial charge in [-0.2, -0.15) is 0 Å². The van der Waals surface area contributed by atoms with Gasteiger partial charge in [0.1, 0.15) is 48.8 Å². The normalized spacial score (nSPS) is 55.4. The van der Waals surface area contributed by atoms with E-state index in [9.17, 15) is 25.5 Å². The number of ether oxygens (including phenoxy) is 4. The largest absolute Gasteiger partial charge is 0.394 e. The average molecular weight is 324 g/mol. The van der Waals surface area contributed by atoms with E-state index in [4.69, 9.17) is 24.1 Å². The second kappa shape index (κ2) is 6.24. The highest BCUT2D eigenvalue weighted by atomic mass is 16.8. The molecule has 128 valence electrons. The molecule has 0 amide bonds. The summed E-state index contributed by atoms with van der Waals surface area (Å²) in [6.07, 6.45) is -12.6. The molecule has 22 heavy (non-hydrogen) atoms. The minimum Gasteiger partial charge on any atom is -0.394 e. The zero-order valence-corrected chi connectivity index (χ0v) is 11.5. The maximum absolute atomic E-state index is 10.1. The zero-order valence-electron chi connectivity index (χ0n) is 11.5. The van der Waals surface area contributed by atoms with Gasteiger partial charge in [-0.1, -0.05) is 0 Å². The van der Waals surface area contributed by atoms with Gasteiger partial charge in [-0.05, 0) is 0 Å². The Kier molecular flexibility index (Phi) is 4.67. The summed E-state index contributed by atoms with van der Waals surface area (Å²) in [6, 6.07) is 0. The third-order valence-corrected chi connectivity index (χ3v) is 4.21. The lowest BCUT2D eigenvalue weighted by molar-refractivity contribution is -0.341. The lowest BCUT2D eigenvalue weighted by Crippen LogP contribution is -2.63. The molecule has 3 aliphatic heterocycles. The predicted molar refractivity (Wildman–Crippen MR) is 65.3 cm³/mol. The first-order valence-electron chi connectivity index (χ1n) is 7.03. The van der Waals surface area contributed by atoms with Gasteiger partial charge in [0.25, 0.3) is 0 Å². The maximum atomic E-state index is 10.1. The Morgan fingerprint density at radius 3 is 2.27 bits per heavy atom. The Balaban J connectivity index is 1.71. The van der Waals surface area contributed by atoms with Crippen molar-refractivity contribution in [1.82, 2.24) is 0 Å². The SMILES string of the molecule is OC[C@H]1O[C@@H](O[C@H]2C(O)[C@@H]3CO[C@H](O3)[C@@H]2O)[C@H](O)[C@@H](O)[C@@H]1O. The van der Waals surface area contributed by atoms with E-state index >= 15 is 0 Å².